The summed E-state index contributed by atoms with van der Waals surface area (Å²) < 4.78 is 6.50. The summed E-state index contributed by atoms with van der Waals surface area (Å²) in [6, 6.07) is 68.9. The maximum Gasteiger partial charge on any atom is 0.137 e. The monoisotopic (exact) mass is 691 g/mol. The molecule has 0 bridgehead atoms. The van der Waals surface area contributed by atoms with Crippen LogP contribution in [-0.2, 0) is 10.8 Å². The van der Waals surface area contributed by atoms with Gasteiger partial charge in [0.05, 0.1) is 11.1 Å². The minimum atomic E-state index is -0.325. The van der Waals surface area contributed by atoms with Gasteiger partial charge in [0.1, 0.15) is 11.2 Å². The molecular weight excluding hydrogens is 655 g/mol. The predicted molar refractivity (Wildman–Crippen MR) is 223 cm³/mol. The minimum absolute atomic E-state index is 0.325. The van der Waals surface area contributed by atoms with Crippen molar-refractivity contribution in [1.82, 2.24) is 0 Å². The van der Waals surface area contributed by atoms with Crippen LogP contribution in [0.3, 0.4) is 0 Å². The standard InChI is InChI=1S/C52H37NO/c1-51(34-16-5-3-6-17-34)43-23-12-9-20-38(43)40-30-28-36(32-45(40)51)53(47-25-15-27-49-50(47)42-22-11-14-26-48(42)54-49)37-29-31-41-39-21-10-13-24-44(39)52(2,46(41)33-37)35-18-7-4-8-19-35/h3-33H,1-2H3. The highest BCUT2D eigenvalue weighted by Crippen LogP contribution is 2.56. The zero-order valence-corrected chi connectivity index (χ0v) is 30.3. The summed E-state index contributed by atoms with van der Waals surface area (Å²) in [5, 5.41) is 2.22. The Kier molecular flexibility index (Phi) is 6.55. The lowest BCUT2D eigenvalue weighted by atomic mass is 9.74. The number of rotatable bonds is 5. The Morgan fingerprint density at radius 2 is 0.852 bits per heavy atom. The molecule has 2 atom stereocenters. The van der Waals surface area contributed by atoms with Crippen LogP contribution in [0.5, 0.6) is 0 Å². The Morgan fingerprint density at radius 1 is 0.389 bits per heavy atom. The second-order valence-corrected chi connectivity index (χ2v) is 15.1. The van der Waals surface area contributed by atoms with Crippen LogP contribution in [0.15, 0.2) is 192 Å². The molecule has 1 aromatic heterocycles. The van der Waals surface area contributed by atoms with Crippen molar-refractivity contribution in [2.75, 3.05) is 4.90 Å². The molecule has 2 unspecified atom stereocenters. The number of para-hydroxylation sites is 1. The molecule has 9 aromatic rings. The molecule has 2 heteroatoms. The molecular formula is C52H37NO. The Hall–Kier alpha value is -6.64. The Morgan fingerprint density at radius 3 is 1.43 bits per heavy atom. The topological polar surface area (TPSA) is 16.4 Å². The van der Waals surface area contributed by atoms with Crippen molar-refractivity contribution in [3.05, 3.63) is 221 Å². The lowest BCUT2D eigenvalue weighted by Crippen LogP contribution is -2.23. The van der Waals surface area contributed by atoms with Crippen molar-refractivity contribution >= 4 is 39.0 Å². The van der Waals surface area contributed by atoms with E-state index < -0.39 is 0 Å². The fraction of sp³-hybridized carbons (Fsp3) is 0.0769. The number of anilines is 3. The molecule has 2 aliphatic carbocycles. The second kappa shape index (κ2) is 11.4. The molecule has 1 heterocycles. The molecule has 0 N–H and O–H groups in total. The fourth-order valence-corrected chi connectivity index (χ4v) is 9.77. The fourth-order valence-electron chi connectivity index (χ4n) is 9.77. The summed E-state index contributed by atoms with van der Waals surface area (Å²) in [4.78, 5) is 2.47. The van der Waals surface area contributed by atoms with Crippen LogP contribution >= 0.6 is 0 Å². The van der Waals surface area contributed by atoms with E-state index in [1.165, 1.54) is 55.6 Å². The van der Waals surface area contributed by atoms with Crippen LogP contribution in [-0.4, -0.2) is 0 Å². The first-order chi connectivity index (χ1) is 26.5. The van der Waals surface area contributed by atoms with Gasteiger partial charge in [0.15, 0.2) is 0 Å². The molecule has 0 amide bonds. The summed E-state index contributed by atoms with van der Waals surface area (Å²) >= 11 is 0. The summed E-state index contributed by atoms with van der Waals surface area (Å²) in [6.07, 6.45) is 0. The highest BCUT2D eigenvalue weighted by molar-refractivity contribution is 6.13. The van der Waals surface area contributed by atoms with Crippen LogP contribution < -0.4 is 4.90 Å². The largest absolute Gasteiger partial charge is 0.456 e. The third-order valence-corrected chi connectivity index (χ3v) is 12.4. The molecule has 256 valence electrons. The number of hydrogen-bond acceptors (Lipinski definition) is 2. The first-order valence-electron chi connectivity index (χ1n) is 18.9. The molecule has 0 saturated carbocycles. The van der Waals surface area contributed by atoms with E-state index in [1.807, 2.05) is 6.07 Å². The molecule has 0 fully saturated rings. The molecule has 11 rings (SSSR count). The van der Waals surface area contributed by atoms with Crippen molar-refractivity contribution in [1.29, 1.82) is 0 Å². The van der Waals surface area contributed by atoms with E-state index in [1.54, 1.807) is 0 Å². The molecule has 0 spiro atoms. The van der Waals surface area contributed by atoms with Gasteiger partial charge in [-0.3, -0.25) is 0 Å². The SMILES string of the molecule is CC1(c2ccccc2)c2ccccc2-c2ccc(N(c3ccc4c(c3)C(C)(c3ccccc3)c3ccccc3-4)c3cccc4oc5ccccc5c34)cc21. The molecule has 0 aliphatic heterocycles. The van der Waals surface area contributed by atoms with E-state index in [2.05, 4.69) is 201 Å². The molecule has 0 saturated heterocycles. The lowest BCUT2D eigenvalue weighted by Gasteiger charge is -2.32. The van der Waals surface area contributed by atoms with Crippen LogP contribution in [0.4, 0.5) is 17.1 Å². The van der Waals surface area contributed by atoms with Crippen molar-refractivity contribution < 1.29 is 4.42 Å². The van der Waals surface area contributed by atoms with E-state index in [-0.39, 0.29) is 10.8 Å². The van der Waals surface area contributed by atoms with Crippen LogP contribution in [0.2, 0.25) is 0 Å². The van der Waals surface area contributed by atoms with E-state index in [0.717, 1.165) is 39.0 Å². The van der Waals surface area contributed by atoms with Gasteiger partial charge in [-0.1, -0.05) is 146 Å². The van der Waals surface area contributed by atoms with Gasteiger partial charge in [0, 0.05) is 27.6 Å². The third-order valence-electron chi connectivity index (χ3n) is 12.4. The summed E-state index contributed by atoms with van der Waals surface area (Å²) in [6.45, 7) is 4.78. The van der Waals surface area contributed by atoms with Gasteiger partial charge in [0.2, 0.25) is 0 Å². The normalized spacial score (nSPS) is 18.0. The molecule has 2 nitrogen and oxygen atoms in total. The number of benzene rings is 8. The van der Waals surface area contributed by atoms with Crippen molar-refractivity contribution in [3.8, 4) is 22.3 Å². The Labute approximate surface area is 315 Å². The first kappa shape index (κ1) is 30.9. The number of nitrogens with zero attached hydrogens (tertiary/aromatic N) is 1. The molecule has 2 aliphatic rings. The zero-order valence-electron chi connectivity index (χ0n) is 30.3. The van der Waals surface area contributed by atoms with Crippen LogP contribution in [0.1, 0.15) is 47.2 Å². The number of furan rings is 1. The van der Waals surface area contributed by atoms with E-state index in [9.17, 15) is 0 Å². The van der Waals surface area contributed by atoms with Gasteiger partial charge < -0.3 is 9.32 Å². The Bertz CT molecular complexity index is 2780. The maximum absolute atomic E-state index is 6.50. The second-order valence-electron chi connectivity index (χ2n) is 15.1. The average molecular weight is 692 g/mol. The molecule has 8 aromatic carbocycles. The third kappa shape index (κ3) is 4.17. The molecule has 54 heavy (non-hydrogen) atoms. The summed E-state index contributed by atoms with van der Waals surface area (Å²) in [7, 11) is 0. The maximum atomic E-state index is 6.50. The van der Waals surface area contributed by atoms with Crippen molar-refractivity contribution in [2.24, 2.45) is 0 Å². The van der Waals surface area contributed by atoms with Gasteiger partial charge in [0.25, 0.3) is 0 Å². The number of hydrogen-bond donors (Lipinski definition) is 0. The zero-order chi connectivity index (χ0) is 36.0. The van der Waals surface area contributed by atoms with E-state index >= 15 is 0 Å². The van der Waals surface area contributed by atoms with Gasteiger partial charge in [-0.15, -0.1) is 0 Å². The highest BCUT2D eigenvalue weighted by Gasteiger charge is 2.43. The summed E-state index contributed by atoms with van der Waals surface area (Å²) in [5.41, 5.74) is 17.5. The first-order valence-corrected chi connectivity index (χ1v) is 18.9. The average Bonchev–Trinajstić information content (AvgIpc) is 3.84. The van der Waals surface area contributed by atoms with Crippen molar-refractivity contribution in [2.45, 2.75) is 24.7 Å². The van der Waals surface area contributed by atoms with Gasteiger partial charge >= 0.3 is 0 Å². The van der Waals surface area contributed by atoms with Gasteiger partial charge in [-0.05, 0) is 112 Å². The van der Waals surface area contributed by atoms with Crippen molar-refractivity contribution in [3.63, 3.8) is 0 Å². The van der Waals surface area contributed by atoms with Gasteiger partial charge in [-0.2, -0.15) is 0 Å². The number of fused-ring (bicyclic) bond motifs is 9. The minimum Gasteiger partial charge on any atom is -0.456 e. The van der Waals surface area contributed by atoms with E-state index in [0.29, 0.717) is 0 Å². The summed E-state index contributed by atoms with van der Waals surface area (Å²) in [5.74, 6) is 0. The van der Waals surface area contributed by atoms with Gasteiger partial charge in [-0.25, -0.2) is 0 Å². The van der Waals surface area contributed by atoms with Crippen LogP contribution in [0.25, 0.3) is 44.2 Å². The quantitative estimate of drug-likeness (QED) is 0.179. The predicted octanol–water partition coefficient (Wildman–Crippen LogP) is 13.7. The van der Waals surface area contributed by atoms with E-state index in [4.69, 9.17) is 4.42 Å². The molecule has 0 radical (unpaired) electrons. The van der Waals surface area contributed by atoms with Crippen LogP contribution in [0, 0.1) is 0 Å². The highest BCUT2D eigenvalue weighted by atomic mass is 16.3. The Balaban J connectivity index is 1.20. The smallest absolute Gasteiger partial charge is 0.137 e. The lowest BCUT2D eigenvalue weighted by molar-refractivity contribution is 0.669.